The highest BCUT2D eigenvalue weighted by Gasteiger charge is 2.29. The Kier molecular flexibility index (Phi) is 5.51. The van der Waals surface area contributed by atoms with Crippen LogP contribution in [0.15, 0.2) is 29.2 Å². The second-order valence-electron chi connectivity index (χ2n) is 7.52. The number of sulfone groups is 1. The molecule has 6 nitrogen and oxygen atoms in total. The number of rotatable bonds is 5. The van der Waals surface area contributed by atoms with Gasteiger partial charge >= 0.3 is 0 Å². The van der Waals surface area contributed by atoms with E-state index < -0.39 is 9.84 Å². The molecular formula is C20H25N3O3S2. The van der Waals surface area contributed by atoms with Crippen molar-refractivity contribution in [2.24, 2.45) is 7.05 Å². The van der Waals surface area contributed by atoms with E-state index in [9.17, 15) is 13.2 Å². The first-order valence-electron chi connectivity index (χ1n) is 9.71. The van der Waals surface area contributed by atoms with Gasteiger partial charge in [-0.05, 0) is 49.8 Å². The topological polar surface area (TPSA) is 81.1 Å². The summed E-state index contributed by atoms with van der Waals surface area (Å²) in [4.78, 5) is 13.7. The van der Waals surface area contributed by atoms with Gasteiger partial charge in [0, 0.05) is 17.2 Å². The fourth-order valence-corrected chi connectivity index (χ4v) is 7.64. The number of thioether (sulfide) groups is 1. The molecule has 1 aromatic heterocycles. The van der Waals surface area contributed by atoms with Gasteiger partial charge < -0.3 is 5.32 Å². The van der Waals surface area contributed by atoms with Crippen molar-refractivity contribution >= 4 is 27.5 Å². The summed E-state index contributed by atoms with van der Waals surface area (Å²) in [6.45, 7) is 0.453. The summed E-state index contributed by atoms with van der Waals surface area (Å²) in [5.74, 6) is 0.300. The summed E-state index contributed by atoms with van der Waals surface area (Å²) in [6, 6.07) is 7.44. The molecule has 0 radical (unpaired) electrons. The van der Waals surface area contributed by atoms with E-state index in [1.54, 1.807) is 6.07 Å². The molecule has 0 spiro atoms. The molecule has 1 aliphatic heterocycles. The fourth-order valence-electron chi connectivity index (χ4n) is 4.02. The average Bonchev–Trinajstić information content (AvgIpc) is 3.18. The zero-order valence-corrected chi connectivity index (χ0v) is 17.6. The highest BCUT2D eigenvalue weighted by atomic mass is 32.2. The molecule has 1 fully saturated rings. The Morgan fingerprint density at radius 1 is 1.29 bits per heavy atom. The number of fused-ring (bicyclic) bond motifs is 1. The van der Waals surface area contributed by atoms with E-state index in [4.69, 9.17) is 0 Å². The van der Waals surface area contributed by atoms with Crippen molar-refractivity contribution in [2.75, 3.05) is 11.5 Å². The first-order chi connectivity index (χ1) is 13.4. The summed E-state index contributed by atoms with van der Waals surface area (Å²) < 4.78 is 25.4. The van der Waals surface area contributed by atoms with Crippen molar-refractivity contribution in [1.29, 1.82) is 0 Å². The minimum Gasteiger partial charge on any atom is -0.346 e. The molecule has 1 aliphatic carbocycles. The molecule has 28 heavy (non-hydrogen) atoms. The lowest BCUT2D eigenvalue weighted by Crippen LogP contribution is -2.25. The lowest BCUT2D eigenvalue weighted by Gasteiger charge is -2.14. The van der Waals surface area contributed by atoms with Crippen molar-refractivity contribution < 1.29 is 13.2 Å². The summed E-state index contributed by atoms with van der Waals surface area (Å²) >= 11 is 1.50. The third kappa shape index (κ3) is 4.12. The number of nitrogens with one attached hydrogen (secondary N) is 1. The quantitative estimate of drug-likeness (QED) is 0.805. The van der Waals surface area contributed by atoms with Crippen molar-refractivity contribution in [3.05, 3.63) is 46.8 Å². The van der Waals surface area contributed by atoms with Gasteiger partial charge in [-0.1, -0.05) is 12.1 Å². The van der Waals surface area contributed by atoms with Crippen molar-refractivity contribution in [1.82, 2.24) is 15.1 Å². The molecule has 1 N–H and O–H groups in total. The molecule has 2 heterocycles. The van der Waals surface area contributed by atoms with Crippen LogP contribution in [-0.2, 0) is 36.3 Å². The van der Waals surface area contributed by atoms with E-state index in [0.717, 1.165) is 29.1 Å². The molecular weight excluding hydrogens is 394 g/mol. The minimum atomic E-state index is -2.93. The lowest BCUT2D eigenvalue weighted by atomic mass is 9.96. The van der Waals surface area contributed by atoms with Crippen LogP contribution in [-0.4, -0.2) is 40.9 Å². The molecule has 2 aliphatic rings. The monoisotopic (exact) mass is 419 g/mol. The van der Waals surface area contributed by atoms with Gasteiger partial charge in [-0.2, -0.15) is 5.10 Å². The summed E-state index contributed by atoms with van der Waals surface area (Å²) in [5.41, 5.74) is 4.13. The molecule has 0 bridgehead atoms. The number of hydrogen-bond donors (Lipinski definition) is 1. The smallest absolute Gasteiger partial charge is 0.252 e. The van der Waals surface area contributed by atoms with Crippen LogP contribution in [0.1, 0.15) is 46.6 Å². The van der Waals surface area contributed by atoms with Crippen LogP contribution in [0.25, 0.3) is 0 Å². The van der Waals surface area contributed by atoms with Gasteiger partial charge in [-0.25, -0.2) is 8.42 Å². The largest absolute Gasteiger partial charge is 0.346 e. The third-order valence-corrected chi connectivity index (χ3v) is 8.81. The van der Waals surface area contributed by atoms with Crippen molar-refractivity contribution in [3.8, 4) is 0 Å². The molecule has 1 amide bonds. The number of nitrogens with zero attached hydrogens (tertiary/aromatic N) is 2. The Hall–Kier alpha value is -1.80. The Bertz CT molecular complexity index is 998. The number of aromatic nitrogens is 2. The molecule has 1 saturated heterocycles. The Morgan fingerprint density at radius 2 is 2.07 bits per heavy atom. The van der Waals surface area contributed by atoms with E-state index in [2.05, 4.69) is 10.4 Å². The maximum Gasteiger partial charge on any atom is 0.252 e. The van der Waals surface area contributed by atoms with Crippen LogP contribution >= 0.6 is 11.8 Å². The second kappa shape index (κ2) is 7.91. The highest BCUT2D eigenvalue weighted by molar-refractivity contribution is 8.02. The fraction of sp³-hybridized carbons (Fsp3) is 0.500. The first-order valence-corrected chi connectivity index (χ1v) is 12.4. The average molecular weight is 420 g/mol. The van der Waals surface area contributed by atoms with Crippen LogP contribution in [0.3, 0.4) is 0 Å². The van der Waals surface area contributed by atoms with Crippen LogP contribution < -0.4 is 5.32 Å². The molecule has 1 unspecified atom stereocenters. The molecule has 2 aromatic rings. The SMILES string of the molecule is Cn1nc2c(c1CNC(=O)c1ccccc1SC1CCS(=O)(=O)C1)CCCC2. The number of carbonyl (C=O) groups is 1. The number of hydrogen-bond acceptors (Lipinski definition) is 5. The third-order valence-electron chi connectivity index (χ3n) is 5.48. The van der Waals surface area contributed by atoms with Gasteiger partial charge in [0.25, 0.3) is 5.91 Å². The van der Waals surface area contributed by atoms with Crippen LogP contribution in [0, 0.1) is 0 Å². The molecule has 1 aromatic carbocycles. The number of amides is 1. The van der Waals surface area contributed by atoms with Gasteiger partial charge in [-0.3, -0.25) is 9.48 Å². The first kappa shape index (κ1) is 19.5. The molecule has 8 heteroatoms. The van der Waals surface area contributed by atoms with Gasteiger partial charge in [0.2, 0.25) is 0 Å². The standard InChI is InChI=1S/C20H25N3O3S2/c1-23-18(15-6-2-4-8-17(15)22-23)12-21-20(24)16-7-3-5-9-19(16)27-14-10-11-28(25,26)13-14/h3,5,7,9,14H,2,4,6,8,10-13H2,1H3,(H,21,24). The Morgan fingerprint density at radius 3 is 2.86 bits per heavy atom. The maximum atomic E-state index is 12.9. The van der Waals surface area contributed by atoms with E-state index >= 15 is 0 Å². The molecule has 4 rings (SSSR count). The van der Waals surface area contributed by atoms with Crippen LogP contribution in [0.2, 0.25) is 0 Å². The molecule has 0 saturated carbocycles. The predicted molar refractivity (Wildman–Crippen MR) is 110 cm³/mol. The maximum absolute atomic E-state index is 12.9. The van der Waals surface area contributed by atoms with Gasteiger partial charge in [0.1, 0.15) is 0 Å². The molecule has 150 valence electrons. The van der Waals surface area contributed by atoms with E-state index in [1.165, 1.54) is 30.2 Å². The summed E-state index contributed by atoms with van der Waals surface area (Å²) in [5, 5.41) is 7.67. The summed E-state index contributed by atoms with van der Waals surface area (Å²) in [7, 11) is -0.999. The second-order valence-corrected chi connectivity index (χ2v) is 11.1. The minimum absolute atomic E-state index is 0.0167. The van der Waals surface area contributed by atoms with Gasteiger partial charge in [0.15, 0.2) is 9.84 Å². The van der Waals surface area contributed by atoms with E-state index in [-0.39, 0.29) is 22.7 Å². The number of benzene rings is 1. The zero-order valence-electron chi connectivity index (χ0n) is 16.0. The Balaban J connectivity index is 1.47. The lowest BCUT2D eigenvalue weighted by molar-refractivity contribution is 0.0947. The van der Waals surface area contributed by atoms with Crippen molar-refractivity contribution in [2.45, 2.75) is 48.8 Å². The number of aryl methyl sites for hydroxylation is 2. The summed E-state index contributed by atoms with van der Waals surface area (Å²) in [6.07, 6.45) is 5.03. The van der Waals surface area contributed by atoms with Gasteiger partial charge in [0.05, 0.1) is 35.0 Å². The van der Waals surface area contributed by atoms with E-state index in [1.807, 2.05) is 29.9 Å². The highest BCUT2D eigenvalue weighted by Crippen LogP contribution is 2.33. The molecule has 1 atom stereocenters. The zero-order chi connectivity index (χ0) is 19.7. The van der Waals surface area contributed by atoms with Crippen LogP contribution in [0.5, 0.6) is 0 Å². The van der Waals surface area contributed by atoms with Crippen molar-refractivity contribution in [3.63, 3.8) is 0 Å². The number of carbonyl (C=O) groups excluding carboxylic acids is 1. The van der Waals surface area contributed by atoms with Gasteiger partial charge in [-0.15, -0.1) is 11.8 Å². The van der Waals surface area contributed by atoms with E-state index in [0.29, 0.717) is 18.5 Å². The van der Waals surface area contributed by atoms with Crippen LogP contribution in [0.4, 0.5) is 0 Å². The predicted octanol–water partition coefficient (Wildman–Crippen LogP) is 2.51. The Labute approximate surface area is 170 Å². The normalized spacial score (nSPS) is 20.7.